The van der Waals surface area contributed by atoms with Crippen LogP contribution in [0, 0.1) is 5.92 Å². The second kappa shape index (κ2) is 9.25. The average Bonchev–Trinajstić information content (AvgIpc) is 2.56. The zero-order valence-corrected chi connectivity index (χ0v) is 15.1. The highest BCUT2D eigenvalue weighted by Crippen LogP contribution is 2.32. The summed E-state index contributed by atoms with van der Waals surface area (Å²) in [4.78, 5) is 15.2. The third-order valence-corrected chi connectivity index (χ3v) is 6.00. The molecule has 1 aliphatic heterocycles. The Morgan fingerprint density at radius 2 is 1.42 bits per heavy atom. The van der Waals surface area contributed by atoms with E-state index < -0.39 is 0 Å². The van der Waals surface area contributed by atoms with Gasteiger partial charge < -0.3 is 4.90 Å². The molecule has 1 saturated heterocycles. The van der Waals surface area contributed by atoms with Gasteiger partial charge in [-0.05, 0) is 37.2 Å². The minimum Gasteiger partial charge on any atom is -0.335 e. The van der Waals surface area contributed by atoms with Crippen molar-refractivity contribution in [1.29, 1.82) is 0 Å². The van der Waals surface area contributed by atoms with Gasteiger partial charge in [0.2, 0.25) is 5.91 Å². The van der Waals surface area contributed by atoms with E-state index in [2.05, 4.69) is 35.2 Å². The number of carbonyl (C=O) groups excluding carboxylic acids is 1. The Morgan fingerprint density at radius 3 is 2.17 bits per heavy atom. The fourth-order valence-electron chi connectivity index (χ4n) is 4.64. The van der Waals surface area contributed by atoms with Crippen LogP contribution in [-0.4, -0.2) is 16.8 Å². The van der Waals surface area contributed by atoms with Crippen LogP contribution in [0.5, 0.6) is 0 Å². The molecule has 2 aliphatic rings. The first-order valence-corrected chi connectivity index (χ1v) is 10.2. The number of carbonyl (C=O) groups is 1. The predicted molar refractivity (Wildman–Crippen MR) is 99.7 cm³/mol. The van der Waals surface area contributed by atoms with Crippen molar-refractivity contribution in [3.63, 3.8) is 0 Å². The lowest BCUT2D eigenvalue weighted by atomic mass is 9.82. The summed E-state index contributed by atoms with van der Waals surface area (Å²) < 4.78 is 0. The topological polar surface area (TPSA) is 20.3 Å². The van der Waals surface area contributed by atoms with E-state index in [0.29, 0.717) is 11.9 Å². The number of benzene rings is 1. The summed E-state index contributed by atoms with van der Waals surface area (Å²) in [6.45, 7) is 0.806. The van der Waals surface area contributed by atoms with Crippen molar-refractivity contribution in [2.45, 2.75) is 89.6 Å². The minimum absolute atomic E-state index is 0.394. The summed E-state index contributed by atoms with van der Waals surface area (Å²) in [6, 6.07) is 11.0. The van der Waals surface area contributed by atoms with Crippen LogP contribution < -0.4 is 0 Å². The Kier molecular flexibility index (Phi) is 6.75. The number of hydrogen-bond donors (Lipinski definition) is 0. The van der Waals surface area contributed by atoms with Gasteiger partial charge in [-0.25, -0.2) is 0 Å². The van der Waals surface area contributed by atoms with E-state index >= 15 is 0 Å². The van der Waals surface area contributed by atoms with Crippen molar-refractivity contribution in [3.8, 4) is 0 Å². The van der Waals surface area contributed by atoms with Gasteiger partial charge in [0, 0.05) is 19.0 Å². The smallest absolute Gasteiger partial charge is 0.223 e. The maximum absolute atomic E-state index is 12.9. The lowest BCUT2D eigenvalue weighted by Crippen LogP contribution is -2.45. The molecule has 1 unspecified atom stereocenters. The molecule has 0 radical (unpaired) electrons. The largest absolute Gasteiger partial charge is 0.335 e. The SMILES string of the molecule is O=C1CCCCCC(C2CCCCCCC2)N1Cc1ccccc1. The lowest BCUT2D eigenvalue weighted by molar-refractivity contribution is -0.136. The van der Waals surface area contributed by atoms with Crippen LogP contribution in [0.1, 0.15) is 82.6 Å². The van der Waals surface area contributed by atoms with Gasteiger partial charge in [0.1, 0.15) is 0 Å². The van der Waals surface area contributed by atoms with Crippen molar-refractivity contribution < 1.29 is 4.79 Å². The van der Waals surface area contributed by atoms with Crippen LogP contribution in [-0.2, 0) is 11.3 Å². The van der Waals surface area contributed by atoms with Gasteiger partial charge >= 0.3 is 0 Å². The standard InChI is InChI=1S/C22H33NO/c24-22-17-11-5-10-16-21(20-14-8-2-1-3-9-15-20)23(22)18-19-12-6-4-7-13-19/h4,6-7,12-13,20-21H,1-3,5,8-11,14-18H2. The predicted octanol–water partition coefficient (Wildman–Crippen LogP) is 5.71. The monoisotopic (exact) mass is 327 g/mol. The minimum atomic E-state index is 0.394. The van der Waals surface area contributed by atoms with Crippen LogP contribution in [0.15, 0.2) is 30.3 Å². The second-order valence-electron chi connectivity index (χ2n) is 7.78. The third kappa shape index (κ3) is 4.84. The van der Waals surface area contributed by atoms with Crippen LogP contribution in [0.3, 0.4) is 0 Å². The quantitative estimate of drug-likeness (QED) is 0.696. The Labute approximate surface area is 147 Å². The van der Waals surface area contributed by atoms with E-state index in [-0.39, 0.29) is 0 Å². The van der Waals surface area contributed by atoms with Gasteiger partial charge in [0.15, 0.2) is 0 Å². The van der Waals surface area contributed by atoms with E-state index in [1.165, 1.54) is 69.8 Å². The molecular formula is C22H33NO. The van der Waals surface area contributed by atoms with Crippen molar-refractivity contribution in [3.05, 3.63) is 35.9 Å². The van der Waals surface area contributed by atoms with Crippen molar-refractivity contribution in [2.24, 2.45) is 5.92 Å². The normalized spacial score (nSPS) is 24.8. The van der Waals surface area contributed by atoms with Gasteiger partial charge in [-0.2, -0.15) is 0 Å². The van der Waals surface area contributed by atoms with Gasteiger partial charge in [0.05, 0.1) is 0 Å². The summed E-state index contributed by atoms with van der Waals surface area (Å²) in [5.74, 6) is 1.11. The fourth-order valence-corrected chi connectivity index (χ4v) is 4.64. The van der Waals surface area contributed by atoms with Gasteiger partial charge in [-0.15, -0.1) is 0 Å². The number of likely N-dealkylation sites (tertiary alicyclic amines) is 1. The fraction of sp³-hybridized carbons (Fsp3) is 0.682. The van der Waals surface area contributed by atoms with Gasteiger partial charge in [-0.1, -0.05) is 75.3 Å². The van der Waals surface area contributed by atoms with E-state index in [4.69, 9.17) is 0 Å². The summed E-state index contributed by atoms with van der Waals surface area (Å²) in [6.07, 6.45) is 15.1. The van der Waals surface area contributed by atoms with Crippen LogP contribution in [0.25, 0.3) is 0 Å². The third-order valence-electron chi connectivity index (χ3n) is 6.00. The molecule has 132 valence electrons. The highest BCUT2D eigenvalue weighted by molar-refractivity contribution is 5.76. The number of rotatable bonds is 3. The maximum atomic E-state index is 12.9. The highest BCUT2D eigenvalue weighted by Gasteiger charge is 2.31. The molecule has 2 fully saturated rings. The highest BCUT2D eigenvalue weighted by atomic mass is 16.2. The Morgan fingerprint density at radius 1 is 0.792 bits per heavy atom. The van der Waals surface area contributed by atoms with Crippen molar-refractivity contribution in [2.75, 3.05) is 0 Å². The Hall–Kier alpha value is -1.31. The second-order valence-corrected chi connectivity index (χ2v) is 7.78. The molecule has 24 heavy (non-hydrogen) atoms. The molecule has 1 aromatic carbocycles. The molecule has 0 N–H and O–H groups in total. The molecular weight excluding hydrogens is 294 g/mol. The van der Waals surface area contributed by atoms with E-state index in [1.54, 1.807) is 0 Å². The zero-order valence-electron chi connectivity index (χ0n) is 15.1. The van der Waals surface area contributed by atoms with Crippen molar-refractivity contribution in [1.82, 2.24) is 4.90 Å². The number of amides is 1. The molecule has 1 amide bonds. The summed E-state index contributed by atoms with van der Waals surface area (Å²) in [7, 11) is 0. The molecule has 0 bridgehead atoms. The van der Waals surface area contributed by atoms with E-state index in [0.717, 1.165) is 25.3 Å². The molecule has 3 rings (SSSR count). The summed E-state index contributed by atoms with van der Waals surface area (Å²) in [5.41, 5.74) is 1.28. The number of nitrogens with zero attached hydrogens (tertiary/aromatic N) is 1. The van der Waals surface area contributed by atoms with Crippen LogP contribution >= 0.6 is 0 Å². The lowest BCUT2D eigenvalue weighted by Gasteiger charge is -2.39. The molecule has 0 spiro atoms. The number of hydrogen-bond acceptors (Lipinski definition) is 1. The Bertz CT molecular complexity index is 490. The molecule has 1 aliphatic carbocycles. The first-order chi connectivity index (χ1) is 11.8. The Balaban J connectivity index is 1.78. The van der Waals surface area contributed by atoms with Gasteiger partial charge in [0.25, 0.3) is 0 Å². The molecule has 0 aromatic heterocycles. The molecule has 2 nitrogen and oxygen atoms in total. The first kappa shape index (κ1) is 17.5. The van der Waals surface area contributed by atoms with Gasteiger partial charge in [-0.3, -0.25) is 4.79 Å². The molecule has 1 saturated carbocycles. The molecule has 2 heteroatoms. The van der Waals surface area contributed by atoms with Crippen molar-refractivity contribution >= 4 is 5.91 Å². The average molecular weight is 328 g/mol. The molecule has 1 aromatic rings. The maximum Gasteiger partial charge on any atom is 0.223 e. The summed E-state index contributed by atoms with van der Waals surface area (Å²) >= 11 is 0. The van der Waals surface area contributed by atoms with Crippen LogP contribution in [0.4, 0.5) is 0 Å². The van der Waals surface area contributed by atoms with E-state index in [1.807, 2.05) is 0 Å². The first-order valence-electron chi connectivity index (χ1n) is 10.2. The van der Waals surface area contributed by atoms with E-state index in [9.17, 15) is 4.79 Å². The summed E-state index contributed by atoms with van der Waals surface area (Å²) in [5, 5.41) is 0. The van der Waals surface area contributed by atoms with Crippen LogP contribution in [0.2, 0.25) is 0 Å². The molecule has 1 atom stereocenters. The molecule has 1 heterocycles. The zero-order chi connectivity index (χ0) is 16.6.